The first kappa shape index (κ1) is 16.4. The van der Waals surface area contributed by atoms with Crippen molar-refractivity contribution in [2.24, 2.45) is 5.92 Å². The second-order valence-corrected chi connectivity index (χ2v) is 4.81. The molecule has 100 valence electrons. The standard InChI is InChI=1S/C16H31N/c1-6-9-13-17(8-3)14-11-10-12-16(5)15(4)7-2/h10,12,16H,4,6-9,11,13-14H2,1-3,5H3. The highest BCUT2D eigenvalue weighted by atomic mass is 15.1. The molecule has 1 nitrogen and oxygen atoms in total. The van der Waals surface area contributed by atoms with Crippen LogP contribution in [-0.2, 0) is 0 Å². The summed E-state index contributed by atoms with van der Waals surface area (Å²) in [6, 6.07) is 0. The van der Waals surface area contributed by atoms with Gasteiger partial charge in [-0.25, -0.2) is 0 Å². The molecule has 0 saturated heterocycles. The summed E-state index contributed by atoms with van der Waals surface area (Å²) in [7, 11) is 0. The lowest BCUT2D eigenvalue weighted by Crippen LogP contribution is -2.25. The Morgan fingerprint density at radius 3 is 2.47 bits per heavy atom. The maximum Gasteiger partial charge on any atom is 0.00158 e. The van der Waals surface area contributed by atoms with Crippen molar-refractivity contribution in [1.82, 2.24) is 4.90 Å². The van der Waals surface area contributed by atoms with Crippen molar-refractivity contribution in [1.29, 1.82) is 0 Å². The van der Waals surface area contributed by atoms with Gasteiger partial charge in [0.1, 0.15) is 0 Å². The van der Waals surface area contributed by atoms with Crippen molar-refractivity contribution in [3.8, 4) is 0 Å². The lowest BCUT2D eigenvalue weighted by molar-refractivity contribution is 0.289. The SMILES string of the molecule is C=C(CC)C(C)C=CCCN(CC)CCCC. The largest absolute Gasteiger partial charge is 0.303 e. The fraction of sp³-hybridized carbons (Fsp3) is 0.750. The molecule has 17 heavy (non-hydrogen) atoms. The highest BCUT2D eigenvalue weighted by Gasteiger charge is 2.01. The number of hydrogen-bond acceptors (Lipinski definition) is 1. The van der Waals surface area contributed by atoms with Gasteiger partial charge in [-0.3, -0.25) is 0 Å². The van der Waals surface area contributed by atoms with Crippen molar-refractivity contribution >= 4 is 0 Å². The Morgan fingerprint density at radius 2 is 1.94 bits per heavy atom. The van der Waals surface area contributed by atoms with E-state index in [0.29, 0.717) is 5.92 Å². The van der Waals surface area contributed by atoms with Crippen molar-refractivity contribution in [3.63, 3.8) is 0 Å². The third kappa shape index (κ3) is 8.20. The normalized spacial score (nSPS) is 13.5. The molecule has 1 atom stereocenters. The maximum atomic E-state index is 4.08. The van der Waals surface area contributed by atoms with Crippen molar-refractivity contribution < 1.29 is 0 Å². The highest BCUT2D eigenvalue weighted by Crippen LogP contribution is 2.13. The van der Waals surface area contributed by atoms with Crippen LogP contribution in [0.15, 0.2) is 24.3 Å². The Hall–Kier alpha value is -0.560. The van der Waals surface area contributed by atoms with E-state index in [4.69, 9.17) is 0 Å². The third-order valence-corrected chi connectivity index (χ3v) is 3.41. The van der Waals surface area contributed by atoms with Gasteiger partial charge in [-0.1, -0.05) is 58.4 Å². The Morgan fingerprint density at radius 1 is 1.24 bits per heavy atom. The summed E-state index contributed by atoms with van der Waals surface area (Å²) in [6.45, 7) is 16.6. The van der Waals surface area contributed by atoms with Crippen molar-refractivity contribution in [3.05, 3.63) is 24.3 Å². The van der Waals surface area contributed by atoms with Crippen LogP contribution in [-0.4, -0.2) is 24.5 Å². The molecule has 0 fully saturated rings. The van der Waals surface area contributed by atoms with Gasteiger partial charge in [-0.2, -0.15) is 0 Å². The van der Waals surface area contributed by atoms with Gasteiger partial charge in [0.15, 0.2) is 0 Å². The van der Waals surface area contributed by atoms with E-state index in [1.807, 2.05) is 0 Å². The molecule has 0 aromatic rings. The van der Waals surface area contributed by atoms with E-state index >= 15 is 0 Å². The second kappa shape index (κ2) is 10.6. The molecule has 0 aromatic carbocycles. The lowest BCUT2D eigenvalue weighted by atomic mass is 10.00. The number of rotatable bonds is 10. The monoisotopic (exact) mass is 237 g/mol. The fourth-order valence-corrected chi connectivity index (χ4v) is 1.83. The molecule has 0 amide bonds. The van der Waals surface area contributed by atoms with Crippen molar-refractivity contribution in [2.75, 3.05) is 19.6 Å². The average molecular weight is 237 g/mol. The van der Waals surface area contributed by atoms with Crippen molar-refractivity contribution in [2.45, 2.75) is 53.4 Å². The molecule has 0 aliphatic rings. The topological polar surface area (TPSA) is 3.24 Å². The number of nitrogens with zero attached hydrogens (tertiary/aromatic N) is 1. The van der Waals surface area contributed by atoms with Gasteiger partial charge >= 0.3 is 0 Å². The van der Waals surface area contributed by atoms with Crippen LogP contribution in [0.4, 0.5) is 0 Å². The molecule has 0 aliphatic carbocycles. The third-order valence-electron chi connectivity index (χ3n) is 3.41. The summed E-state index contributed by atoms with van der Waals surface area (Å²) < 4.78 is 0. The van der Waals surface area contributed by atoms with Gasteiger partial charge < -0.3 is 4.90 Å². The zero-order valence-corrected chi connectivity index (χ0v) is 12.3. The summed E-state index contributed by atoms with van der Waals surface area (Å²) >= 11 is 0. The number of hydrogen-bond donors (Lipinski definition) is 0. The highest BCUT2D eigenvalue weighted by molar-refractivity contribution is 5.07. The fourth-order valence-electron chi connectivity index (χ4n) is 1.83. The summed E-state index contributed by atoms with van der Waals surface area (Å²) in [6.07, 6.45) is 9.49. The summed E-state index contributed by atoms with van der Waals surface area (Å²) in [5.74, 6) is 0.533. The minimum Gasteiger partial charge on any atom is -0.303 e. The molecular weight excluding hydrogens is 206 g/mol. The molecule has 0 bridgehead atoms. The van der Waals surface area contributed by atoms with E-state index in [2.05, 4.69) is 51.3 Å². The van der Waals surface area contributed by atoms with Gasteiger partial charge in [0.25, 0.3) is 0 Å². The van der Waals surface area contributed by atoms with Crippen LogP contribution in [0.25, 0.3) is 0 Å². The second-order valence-electron chi connectivity index (χ2n) is 4.81. The van der Waals surface area contributed by atoms with Crippen LogP contribution in [0.5, 0.6) is 0 Å². The predicted octanol–water partition coefficient (Wildman–Crippen LogP) is 4.66. The minimum absolute atomic E-state index is 0.533. The molecular formula is C16H31N. The van der Waals surface area contributed by atoms with Crippen LogP contribution < -0.4 is 0 Å². The molecule has 0 heterocycles. The van der Waals surface area contributed by atoms with Gasteiger partial charge in [-0.05, 0) is 38.3 Å². The Balaban J connectivity index is 3.79. The molecule has 0 N–H and O–H groups in total. The molecule has 0 spiro atoms. The first-order chi connectivity index (χ1) is 8.15. The first-order valence-electron chi connectivity index (χ1n) is 7.22. The van der Waals surface area contributed by atoms with Gasteiger partial charge in [-0.15, -0.1) is 0 Å². The minimum atomic E-state index is 0.533. The van der Waals surface area contributed by atoms with Gasteiger partial charge in [0.05, 0.1) is 0 Å². The van der Waals surface area contributed by atoms with E-state index in [-0.39, 0.29) is 0 Å². The molecule has 0 aromatic heterocycles. The smallest absolute Gasteiger partial charge is 0.00158 e. The summed E-state index contributed by atoms with van der Waals surface area (Å²) in [5.41, 5.74) is 1.33. The Labute approximate surface area is 109 Å². The van der Waals surface area contributed by atoms with Crippen LogP contribution >= 0.6 is 0 Å². The zero-order valence-electron chi connectivity index (χ0n) is 12.3. The zero-order chi connectivity index (χ0) is 13.1. The molecule has 0 radical (unpaired) electrons. The molecule has 1 heteroatoms. The lowest BCUT2D eigenvalue weighted by Gasteiger charge is -2.19. The maximum absolute atomic E-state index is 4.08. The Bertz CT molecular complexity index is 218. The Kier molecular flexibility index (Phi) is 10.2. The average Bonchev–Trinajstić information content (AvgIpc) is 2.36. The first-order valence-corrected chi connectivity index (χ1v) is 7.22. The molecule has 1 unspecified atom stereocenters. The van der Waals surface area contributed by atoms with Crippen LogP contribution in [0.1, 0.15) is 53.4 Å². The molecule has 0 aliphatic heterocycles. The summed E-state index contributed by atoms with van der Waals surface area (Å²) in [5, 5.41) is 0. The van der Waals surface area contributed by atoms with Crippen LogP contribution in [0.2, 0.25) is 0 Å². The summed E-state index contributed by atoms with van der Waals surface area (Å²) in [4.78, 5) is 2.53. The van der Waals surface area contributed by atoms with E-state index in [9.17, 15) is 0 Å². The van der Waals surface area contributed by atoms with E-state index in [1.54, 1.807) is 0 Å². The number of unbranched alkanes of at least 4 members (excludes halogenated alkanes) is 1. The van der Waals surface area contributed by atoms with Gasteiger partial charge in [0, 0.05) is 6.54 Å². The number of allylic oxidation sites excluding steroid dienone is 2. The predicted molar refractivity (Wildman–Crippen MR) is 79.4 cm³/mol. The van der Waals surface area contributed by atoms with E-state index in [0.717, 1.165) is 6.42 Å². The van der Waals surface area contributed by atoms with E-state index < -0.39 is 0 Å². The van der Waals surface area contributed by atoms with Crippen LogP contribution in [0.3, 0.4) is 0 Å². The van der Waals surface area contributed by atoms with Gasteiger partial charge in [0.2, 0.25) is 0 Å². The molecule has 0 rings (SSSR count). The van der Waals surface area contributed by atoms with Crippen LogP contribution in [0, 0.1) is 5.92 Å². The van der Waals surface area contributed by atoms with E-state index in [1.165, 1.54) is 44.5 Å². The quantitative estimate of drug-likeness (QED) is 0.500. The molecule has 0 saturated carbocycles.